The van der Waals surface area contributed by atoms with Crippen LogP contribution in [-0.4, -0.2) is 15.6 Å². The summed E-state index contributed by atoms with van der Waals surface area (Å²) in [5, 5.41) is 6.00. The Morgan fingerprint density at radius 3 is 2.81 bits per heavy atom. The number of Topliss-reactive ketones (excluding diaryl/α,β-unsaturated/α-hetero) is 1. The Morgan fingerprint density at radius 1 is 1.29 bits per heavy atom. The molecule has 0 amide bonds. The number of aromatic nitrogens is 2. The second-order valence-corrected chi connectivity index (χ2v) is 6.20. The zero-order chi connectivity index (χ0) is 15.0. The summed E-state index contributed by atoms with van der Waals surface area (Å²) >= 11 is 9.35. The predicted octanol–water partition coefficient (Wildman–Crippen LogP) is 4.41. The van der Waals surface area contributed by atoms with Crippen molar-refractivity contribution in [1.82, 2.24) is 9.78 Å². The second-order valence-electron chi connectivity index (χ2n) is 4.85. The molecule has 2 aromatic carbocycles. The quantitative estimate of drug-likeness (QED) is 0.646. The zero-order valence-electron chi connectivity index (χ0n) is 11.3. The van der Waals surface area contributed by atoms with Crippen molar-refractivity contribution in [1.29, 1.82) is 0 Å². The van der Waals surface area contributed by atoms with E-state index in [1.807, 2.05) is 31.3 Å². The Bertz CT molecular complexity index is 821. The first kappa shape index (κ1) is 14.3. The molecule has 0 aliphatic heterocycles. The zero-order valence-corrected chi connectivity index (χ0v) is 13.6. The van der Waals surface area contributed by atoms with Gasteiger partial charge in [0.25, 0.3) is 0 Å². The summed E-state index contributed by atoms with van der Waals surface area (Å²) in [6.45, 7) is 0. The summed E-state index contributed by atoms with van der Waals surface area (Å²) in [6, 6.07) is 13.1. The van der Waals surface area contributed by atoms with Crippen molar-refractivity contribution >= 4 is 44.2 Å². The molecule has 0 atom stereocenters. The Hall–Kier alpha value is -1.65. The van der Waals surface area contributed by atoms with Gasteiger partial charge in [-0.2, -0.15) is 5.10 Å². The summed E-state index contributed by atoms with van der Waals surface area (Å²) in [7, 11) is 1.88. The molecule has 3 aromatic rings. The highest BCUT2D eigenvalue weighted by Crippen LogP contribution is 2.23. The monoisotopic (exact) mass is 362 g/mol. The normalized spacial score (nSPS) is 11.0. The summed E-state index contributed by atoms with van der Waals surface area (Å²) in [4.78, 5) is 12.4. The number of benzene rings is 2. The number of hydrogen-bond acceptors (Lipinski definition) is 2. The van der Waals surface area contributed by atoms with Gasteiger partial charge in [0.15, 0.2) is 5.78 Å². The van der Waals surface area contributed by atoms with E-state index < -0.39 is 0 Å². The molecule has 5 heteroatoms. The molecular formula is C16H12BrClN2O. The minimum absolute atomic E-state index is 0.00190. The van der Waals surface area contributed by atoms with Crippen molar-refractivity contribution in [2.24, 2.45) is 7.05 Å². The van der Waals surface area contributed by atoms with Crippen LogP contribution in [0.2, 0.25) is 5.02 Å². The van der Waals surface area contributed by atoms with Crippen LogP contribution in [-0.2, 0) is 13.5 Å². The molecule has 1 aromatic heterocycles. The molecule has 0 spiro atoms. The number of nitrogens with zero attached hydrogens (tertiary/aromatic N) is 2. The fraction of sp³-hybridized carbons (Fsp3) is 0.125. The van der Waals surface area contributed by atoms with E-state index in [1.54, 1.807) is 22.9 Å². The Balaban J connectivity index is 1.96. The fourth-order valence-corrected chi connectivity index (χ4v) is 3.25. The minimum atomic E-state index is 0.00190. The maximum atomic E-state index is 12.4. The molecule has 0 saturated carbocycles. The third-order valence-corrected chi connectivity index (χ3v) is 4.02. The lowest BCUT2D eigenvalue weighted by Crippen LogP contribution is -2.05. The maximum Gasteiger partial charge on any atom is 0.168 e. The molecule has 0 unspecified atom stereocenters. The van der Waals surface area contributed by atoms with Crippen LogP contribution in [0.15, 0.2) is 46.9 Å². The van der Waals surface area contributed by atoms with Gasteiger partial charge in [-0.25, -0.2) is 0 Å². The molecule has 21 heavy (non-hydrogen) atoms. The lowest BCUT2D eigenvalue weighted by atomic mass is 10.0. The highest BCUT2D eigenvalue weighted by atomic mass is 79.9. The number of carbonyl (C=O) groups excluding carboxylic acids is 1. The summed E-state index contributed by atoms with van der Waals surface area (Å²) in [5.41, 5.74) is 2.39. The van der Waals surface area contributed by atoms with Gasteiger partial charge in [0, 0.05) is 27.5 Å². The molecule has 0 aliphatic rings. The van der Waals surface area contributed by atoms with E-state index in [-0.39, 0.29) is 12.2 Å². The van der Waals surface area contributed by atoms with E-state index in [4.69, 9.17) is 11.6 Å². The molecular weight excluding hydrogens is 352 g/mol. The van der Waals surface area contributed by atoms with Crippen LogP contribution in [0.3, 0.4) is 0 Å². The third kappa shape index (κ3) is 2.87. The van der Waals surface area contributed by atoms with Crippen LogP contribution in [0.25, 0.3) is 10.9 Å². The van der Waals surface area contributed by atoms with E-state index in [9.17, 15) is 4.79 Å². The number of rotatable bonds is 3. The molecule has 1 heterocycles. The van der Waals surface area contributed by atoms with Crippen molar-refractivity contribution in [2.45, 2.75) is 6.42 Å². The fourth-order valence-electron chi connectivity index (χ4n) is 2.39. The third-order valence-electron chi connectivity index (χ3n) is 3.35. The van der Waals surface area contributed by atoms with Crippen molar-refractivity contribution in [3.8, 4) is 0 Å². The molecule has 3 rings (SSSR count). The van der Waals surface area contributed by atoms with Crippen LogP contribution in [0, 0.1) is 0 Å². The van der Waals surface area contributed by atoms with E-state index in [0.717, 1.165) is 21.1 Å². The second kappa shape index (κ2) is 5.62. The molecule has 0 radical (unpaired) electrons. The van der Waals surface area contributed by atoms with Crippen molar-refractivity contribution in [3.05, 3.63) is 63.2 Å². The predicted molar refractivity (Wildman–Crippen MR) is 87.9 cm³/mol. The van der Waals surface area contributed by atoms with E-state index in [2.05, 4.69) is 21.0 Å². The number of hydrogen-bond donors (Lipinski definition) is 0. The standard InChI is InChI=1S/C16H12BrClN2O/c1-20-15-5-3-2-4-13(15)14(19-20)9-16(21)10-6-11(17)8-12(18)7-10/h2-8H,9H2,1H3. The molecule has 0 fully saturated rings. The van der Waals surface area contributed by atoms with Crippen molar-refractivity contribution in [2.75, 3.05) is 0 Å². The summed E-state index contributed by atoms with van der Waals surface area (Å²) in [5.74, 6) is 0.00190. The van der Waals surface area contributed by atoms with Gasteiger partial charge < -0.3 is 0 Å². The van der Waals surface area contributed by atoms with Crippen LogP contribution in [0.5, 0.6) is 0 Å². The molecule has 106 valence electrons. The molecule has 0 N–H and O–H groups in total. The first-order valence-electron chi connectivity index (χ1n) is 6.44. The number of aryl methyl sites for hydroxylation is 1. The Kier molecular flexibility index (Phi) is 3.83. The average molecular weight is 364 g/mol. The average Bonchev–Trinajstić information content (AvgIpc) is 2.75. The summed E-state index contributed by atoms with van der Waals surface area (Å²) in [6.07, 6.45) is 0.258. The molecule has 0 bridgehead atoms. The van der Waals surface area contributed by atoms with Gasteiger partial charge in [-0.05, 0) is 24.3 Å². The van der Waals surface area contributed by atoms with Gasteiger partial charge in [0.05, 0.1) is 17.6 Å². The number of fused-ring (bicyclic) bond motifs is 1. The van der Waals surface area contributed by atoms with Gasteiger partial charge in [0.2, 0.25) is 0 Å². The molecule has 0 saturated heterocycles. The van der Waals surface area contributed by atoms with E-state index in [0.29, 0.717) is 10.6 Å². The lowest BCUT2D eigenvalue weighted by molar-refractivity contribution is 0.0992. The number of carbonyl (C=O) groups is 1. The number of para-hydroxylation sites is 1. The maximum absolute atomic E-state index is 12.4. The van der Waals surface area contributed by atoms with Gasteiger partial charge in [-0.3, -0.25) is 9.48 Å². The van der Waals surface area contributed by atoms with Gasteiger partial charge >= 0.3 is 0 Å². The summed E-state index contributed by atoms with van der Waals surface area (Å²) < 4.78 is 2.59. The molecule has 3 nitrogen and oxygen atoms in total. The molecule has 0 aliphatic carbocycles. The first-order valence-corrected chi connectivity index (χ1v) is 7.61. The topological polar surface area (TPSA) is 34.9 Å². The van der Waals surface area contributed by atoms with Crippen molar-refractivity contribution < 1.29 is 4.79 Å². The first-order chi connectivity index (χ1) is 10.0. The SMILES string of the molecule is Cn1nc(CC(=O)c2cc(Cl)cc(Br)c2)c2ccccc21. The Morgan fingerprint density at radius 2 is 2.05 bits per heavy atom. The minimum Gasteiger partial charge on any atom is -0.294 e. The van der Waals surface area contributed by atoms with Crippen LogP contribution < -0.4 is 0 Å². The lowest BCUT2D eigenvalue weighted by Gasteiger charge is -2.02. The van der Waals surface area contributed by atoms with Crippen molar-refractivity contribution in [3.63, 3.8) is 0 Å². The van der Waals surface area contributed by atoms with Gasteiger partial charge in [0.1, 0.15) is 0 Å². The number of halogens is 2. The number of ketones is 1. The van der Waals surface area contributed by atoms with Crippen LogP contribution >= 0.6 is 27.5 Å². The smallest absolute Gasteiger partial charge is 0.168 e. The Labute approximate surface area is 135 Å². The van der Waals surface area contributed by atoms with Crippen LogP contribution in [0.4, 0.5) is 0 Å². The van der Waals surface area contributed by atoms with E-state index in [1.165, 1.54) is 0 Å². The van der Waals surface area contributed by atoms with Crippen LogP contribution in [0.1, 0.15) is 16.1 Å². The van der Waals surface area contributed by atoms with Gasteiger partial charge in [-0.1, -0.05) is 45.7 Å². The van der Waals surface area contributed by atoms with E-state index >= 15 is 0 Å². The highest BCUT2D eigenvalue weighted by Gasteiger charge is 2.14. The largest absolute Gasteiger partial charge is 0.294 e. The van der Waals surface area contributed by atoms with Gasteiger partial charge in [-0.15, -0.1) is 0 Å². The highest BCUT2D eigenvalue weighted by molar-refractivity contribution is 9.10.